The van der Waals surface area contributed by atoms with Crippen molar-refractivity contribution in [1.29, 1.82) is 0 Å². The van der Waals surface area contributed by atoms with Crippen molar-refractivity contribution < 1.29 is 9.32 Å². The fourth-order valence-electron chi connectivity index (χ4n) is 3.01. The van der Waals surface area contributed by atoms with Crippen LogP contribution in [0.4, 0.5) is 0 Å². The molecule has 126 valence electrons. The lowest BCUT2D eigenvalue weighted by atomic mass is 10.1. The summed E-state index contributed by atoms with van der Waals surface area (Å²) in [4.78, 5) is 18.8. The van der Waals surface area contributed by atoms with Crippen LogP contribution >= 0.6 is 0 Å². The molecule has 1 aliphatic rings. The highest BCUT2D eigenvalue weighted by molar-refractivity contribution is 5.77. The van der Waals surface area contributed by atoms with Crippen LogP contribution in [0.25, 0.3) is 6.08 Å². The van der Waals surface area contributed by atoms with E-state index in [1.165, 1.54) is 0 Å². The Bertz CT molecular complexity index is 694. The highest BCUT2D eigenvalue weighted by Gasteiger charge is 2.32. The predicted octanol–water partition coefficient (Wildman–Crippen LogP) is 3.79. The standard InChI is InChI=1S/C19H23N3O2/c1-2-17-20-19(21-24-17)16-12-8-14-22(16)18(23)13-7-6-11-15-9-4-3-5-10-15/h3-6,9-11,16H,2,7-8,12-14H2,1H3/b11-6-/t16-/m1/s1. The third-order valence-corrected chi connectivity index (χ3v) is 4.29. The second kappa shape index (κ2) is 7.90. The highest BCUT2D eigenvalue weighted by atomic mass is 16.5. The van der Waals surface area contributed by atoms with Crippen molar-refractivity contribution >= 4 is 12.0 Å². The Morgan fingerprint density at radius 2 is 2.21 bits per heavy atom. The molecule has 1 fully saturated rings. The van der Waals surface area contributed by atoms with Gasteiger partial charge in [0.2, 0.25) is 11.8 Å². The molecule has 3 rings (SSSR count). The van der Waals surface area contributed by atoms with Gasteiger partial charge in [0.15, 0.2) is 5.82 Å². The summed E-state index contributed by atoms with van der Waals surface area (Å²) in [5.41, 5.74) is 1.16. The number of benzene rings is 1. The first-order chi connectivity index (χ1) is 11.8. The smallest absolute Gasteiger partial charge is 0.226 e. The van der Waals surface area contributed by atoms with Crippen LogP contribution in [-0.4, -0.2) is 27.5 Å². The molecule has 0 saturated carbocycles. The van der Waals surface area contributed by atoms with Crippen molar-refractivity contribution in [3.63, 3.8) is 0 Å². The predicted molar refractivity (Wildman–Crippen MR) is 92.1 cm³/mol. The largest absolute Gasteiger partial charge is 0.339 e. The quantitative estimate of drug-likeness (QED) is 0.811. The maximum absolute atomic E-state index is 12.5. The lowest BCUT2D eigenvalue weighted by molar-refractivity contribution is -0.132. The van der Waals surface area contributed by atoms with Gasteiger partial charge in [0, 0.05) is 19.4 Å². The Kier molecular flexibility index (Phi) is 5.41. The Labute approximate surface area is 142 Å². The zero-order valence-electron chi connectivity index (χ0n) is 14.0. The molecule has 24 heavy (non-hydrogen) atoms. The van der Waals surface area contributed by atoms with Gasteiger partial charge in [-0.1, -0.05) is 54.6 Å². The number of nitrogens with zero attached hydrogens (tertiary/aromatic N) is 3. The first-order valence-corrected chi connectivity index (χ1v) is 8.61. The second-order valence-electron chi connectivity index (χ2n) is 6.00. The Morgan fingerprint density at radius 1 is 1.38 bits per heavy atom. The van der Waals surface area contributed by atoms with Gasteiger partial charge >= 0.3 is 0 Å². The van der Waals surface area contributed by atoms with E-state index in [0.29, 0.717) is 18.1 Å². The number of likely N-dealkylation sites (tertiary alicyclic amines) is 1. The first-order valence-electron chi connectivity index (χ1n) is 8.61. The fraction of sp³-hybridized carbons (Fsp3) is 0.421. The number of aromatic nitrogens is 2. The van der Waals surface area contributed by atoms with E-state index in [1.807, 2.05) is 30.0 Å². The topological polar surface area (TPSA) is 59.2 Å². The molecule has 0 unspecified atom stereocenters. The van der Waals surface area contributed by atoms with E-state index in [-0.39, 0.29) is 11.9 Å². The molecule has 0 aliphatic carbocycles. The number of hydrogen-bond acceptors (Lipinski definition) is 4. The zero-order chi connectivity index (χ0) is 16.8. The Hall–Kier alpha value is -2.43. The van der Waals surface area contributed by atoms with Crippen LogP contribution in [0.1, 0.15) is 55.9 Å². The maximum atomic E-state index is 12.5. The van der Waals surface area contributed by atoms with Crippen LogP contribution in [0.2, 0.25) is 0 Å². The van der Waals surface area contributed by atoms with E-state index in [9.17, 15) is 4.79 Å². The molecule has 1 aromatic heterocycles. The summed E-state index contributed by atoms with van der Waals surface area (Å²) in [5.74, 6) is 1.45. The summed E-state index contributed by atoms with van der Waals surface area (Å²) in [5, 5.41) is 4.04. The van der Waals surface area contributed by atoms with Crippen molar-refractivity contribution in [1.82, 2.24) is 15.0 Å². The van der Waals surface area contributed by atoms with E-state index in [1.54, 1.807) is 0 Å². The van der Waals surface area contributed by atoms with Crippen LogP contribution in [0.3, 0.4) is 0 Å². The number of rotatable bonds is 6. The Morgan fingerprint density at radius 3 is 2.96 bits per heavy atom. The lowest BCUT2D eigenvalue weighted by Crippen LogP contribution is -2.30. The second-order valence-corrected chi connectivity index (χ2v) is 6.00. The maximum Gasteiger partial charge on any atom is 0.226 e. The molecule has 2 aromatic rings. The van der Waals surface area contributed by atoms with Gasteiger partial charge in [-0.2, -0.15) is 4.98 Å². The molecular weight excluding hydrogens is 302 g/mol. The van der Waals surface area contributed by atoms with Gasteiger partial charge in [0.25, 0.3) is 0 Å². The van der Waals surface area contributed by atoms with Crippen molar-refractivity contribution in [2.45, 2.75) is 45.1 Å². The van der Waals surface area contributed by atoms with Gasteiger partial charge in [-0.05, 0) is 24.8 Å². The van der Waals surface area contributed by atoms with E-state index >= 15 is 0 Å². The molecule has 0 radical (unpaired) electrons. The number of amides is 1. The number of carbonyl (C=O) groups is 1. The summed E-state index contributed by atoms with van der Waals surface area (Å²) < 4.78 is 5.19. The summed E-state index contributed by atoms with van der Waals surface area (Å²) in [6.07, 6.45) is 7.99. The average Bonchev–Trinajstić information content (AvgIpc) is 3.28. The molecule has 0 N–H and O–H groups in total. The Balaban J connectivity index is 1.55. The van der Waals surface area contributed by atoms with E-state index in [2.05, 4.69) is 34.4 Å². The SMILES string of the molecule is CCc1nc([C@H]2CCCN2C(=O)CC/C=C\c2ccccc2)no1. The summed E-state index contributed by atoms with van der Waals surface area (Å²) in [6.45, 7) is 2.76. The summed E-state index contributed by atoms with van der Waals surface area (Å²) >= 11 is 0. The number of hydrogen-bond donors (Lipinski definition) is 0. The van der Waals surface area contributed by atoms with E-state index in [0.717, 1.165) is 37.8 Å². The molecule has 0 bridgehead atoms. The van der Waals surface area contributed by atoms with Crippen LogP contribution < -0.4 is 0 Å². The van der Waals surface area contributed by atoms with Crippen molar-refractivity contribution in [3.05, 3.63) is 53.7 Å². The number of carbonyl (C=O) groups excluding carboxylic acids is 1. The average molecular weight is 325 g/mol. The minimum atomic E-state index is -0.0281. The molecule has 1 amide bonds. The number of allylic oxidation sites excluding steroid dienone is 1. The van der Waals surface area contributed by atoms with Gasteiger partial charge in [-0.25, -0.2) is 0 Å². The van der Waals surface area contributed by atoms with Gasteiger partial charge < -0.3 is 9.42 Å². The highest BCUT2D eigenvalue weighted by Crippen LogP contribution is 2.30. The first kappa shape index (κ1) is 16.4. The molecule has 5 nitrogen and oxygen atoms in total. The zero-order valence-corrected chi connectivity index (χ0v) is 14.0. The molecule has 1 atom stereocenters. The van der Waals surface area contributed by atoms with E-state index in [4.69, 9.17) is 4.52 Å². The molecule has 2 heterocycles. The summed E-state index contributed by atoms with van der Waals surface area (Å²) in [6, 6.07) is 10.1. The number of aryl methyl sites for hydroxylation is 1. The molecule has 1 aliphatic heterocycles. The van der Waals surface area contributed by atoms with Crippen LogP contribution in [-0.2, 0) is 11.2 Å². The third kappa shape index (κ3) is 3.91. The van der Waals surface area contributed by atoms with E-state index < -0.39 is 0 Å². The van der Waals surface area contributed by atoms with Crippen LogP contribution in [0.15, 0.2) is 40.9 Å². The third-order valence-electron chi connectivity index (χ3n) is 4.29. The molecular formula is C19H23N3O2. The molecule has 1 saturated heterocycles. The van der Waals surface area contributed by atoms with Gasteiger partial charge in [0.1, 0.15) is 0 Å². The van der Waals surface area contributed by atoms with Crippen molar-refractivity contribution in [2.75, 3.05) is 6.54 Å². The van der Waals surface area contributed by atoms with Crippen LogP contribution in [0.5, 0.6) is 0 Å². The summed E-state index contributed by atoms with van der Waals surface area (Å²) in [7, 11) is 0. The van der Waals surface area contributed by atoms with Crippen molar-refractivity contribution in [2.24, 2.45) is 0 Å². The lowest BCUT2D eigenvalue weighted by Gasteiger charge is -2.21. The normalized spacial score (nSPS) is 17.7. The van der Waals surface area contributed by atoms with Crippen molar-refractivity contribution in [3.8, 4) is 0 Å². The molecule has 1 aromatic carbocycles. The van der Waals surface area contributed by atoms with Gasteiger partial charge in [-0.3, -0.25) is 4.79 Å². The van der Waals surface area contributed by atoms with Gasteiger partial charge in [-0.15, -0.1) is 0 Å². The molecule has 5 heteroatoms. The molecule has 0 spiro atoms. The fourth-order valence-corrected chi connectivity index (χ4v) is 3.01. The van der Waals surface area contributed by atoms with Crippen LogP contribution in [0, 0.1) is 0 Å². The monoisotopic (exact) mass is 325 g/mol. The minimum Gasteiger partial charge on any atom is -0.339 e. The van der Waals surface area contributed by atoms with Gasteiger partial charge in [0.05, 0.1) is 6.04 Å². The minimum absolute atomic E-state index is 0.0281.